The lowest BCUT2D eigenvalue weighted by molar-refractivity contribution is -0.143. The number of esters is 1. The highest BCUT2D eigenvalue weighted by atomic mass is 16.5. The van der Waals surface area contributed by atoms with Gasteiger partial charge in [0.05, 0.1) is 18.1 Å². The van der Waals surface area contributed by atoms with Gasteiger partial charge in [0, 0.05) is 13.0 Å². The van der Waals surface area contributed by atoms with Crippen LogP contribution in [0.5, 0.6) is 0 Å². The van der Waals surface area contributed by atoms with Crippen molar-refractivity contribution in [2.75, 3.05) is 13.2 Å². The van der Waals surface area contributed by atoms with E-state index in [0.29, 0.717) is 12.5 Å². The van der Waals surface area contributed by atoms with Crippen LogP contribution >= 0.6 is 0 Å². The Morgan fingerprint density at radius 2 is 2.00 bits per heavy atom. The Morgan fingerprint density at radius 1 is 1.32 bits per heavy atom. The minimum atomic E-state index is -0.785. The fraction of sp³-hybridized carbons (Fsp3) is 0.647. The van der Waals surface area contributed by atoms with Crippen molar-refractivity contribution in [2.45, 2.75) is 45.4 Å². The van der Waals surface area contributed by atoms with Gasteiger partial charge in [-0.1, -0.05) is 25.8 Å². The van der Waals surface area contributed by atoms with Crippen molar-refractivity contribution >= 4 is 17.8 Å². The van der Waals surface area contributed by atoms with E-state index in [0.717, 1.165) is 25.7 Å². The van der Waals surface area contributed by atoms with Crippen LogP contribution < -0.4 is 0 Å². The van der Waals surface area contributed by atoms with E-state index < -0.39 is 11.9 Å². The largest absolute Gasteiger partial charge is 0.462 e. The first-order valence-corrected chi connectivity index (χ1v) is 7.99. The predicted octanol–water partition coefficient (Wildman–Crippen LogP) is 2.22. The first kappa shape index (κ1) is 16.5. The molecule has 2 rings (SSSR count). The second-order valence-electron chi connectivity index (χ2n) is 5.91. The first-order valence-electron chi connectivity index (χ1n) is 7.99. The van der Waals surface area contributed by atoms with E-state index in [2.05, 4.69) is 12.3 Å². The average Bonchev–Trinajstić information content (AvgIpc) is 2.78. The Morgan fingerprint density at radius 3 is 2.59 bits per heavy atom. The van der Waals surface area contributed by atoms with Gasteiger partial charge in [-0.25, -0.2) is 4.79 Å². The summed E-state index contributed by atoms with van der Waals surface area (Å²) in [5.74, 6) is -1.53. The van der Waals surface area contributed by atoms with E-state index in [1.54, 1.807) is 6.92 Å². The van der Waals surface area contributed by atoms with Crippen LogP contribution in [-0.4, -0.2) is 35.8 Å². The molecule has 0 aromatic carbocycles. The minimum Gasteiger partial charge on any atom is -0.462 e. The van der Waals surface area contributed by atoms with Gasteiger partial charge in [-0.2, -0.15) is 0 Å². The summed E-state index contributed by atoms with van der Waals surface area (Å²) >= 11 is 0. The van der Waals surface area contributed by atoms with Crippen molar-refractivity contribution in [3.05, 3.63) is 17.9 Å². The van der Waals surface area contributed by atoms with Gasteiger partial charge in [-0.15, -0.1) is 5.73 Å². The Balaban J connectivity index is 2.07. The zero-order valence-electron chi connectivity index (χ0n) is 13.1. The molecule has 2 amide bonds. The number of ether oxygens (including phenoxy) is 1. The van der Waals surface area contributed by atoms with Gasteiger partial charge in [-0.3, -0.25) is 14.5 Å². The van der Waals surface area contributed by atoms with Crippen molar-refractivity contribution in [1.29, 1.82) is 0 Å². The lowest BCUT2D eigenvalue weighted by Gasteiger charge is -2.26. The number of amides is 2. The van der Waals surface area contributed by atoms with Gasteiger partial charge in [0.25, 0.3) is 0 Å². The average molecular weight is 305 g/mol. The third-order valence-electron chi connectivity index (χ3n) is 4.44. The molecule has 2 aliphatic rings. The van der Waals surface area contributed by atoms with Crippen molar-refractivity contribution in [1.82, 2.24) is 4.90 Å². The number of carbonyl (C=O) groups excluding carboxylic acids is 3. The Kier molecular flexibility index (Phi) is 5.56. The van der Waals surface area contributed by atoms with Crippen LogP contribution in [-0.2, 0) is 19.1 Å². The zero-order chi connectivity index (χ0) is 16.1. The van der Waals surface area contributed by atoms with Gasteiger partial charge < -0.3 is 4.74 Å². The lowest BCUT2D eigenvalue weighted by atomic mass is 9.89. The molecule has 0 aromatic rings. The summed E-state index contributed by atoms with van der Waals surface area (Å²) in [6, 6.07) is 0. The fourth-order valence-electron chi connectivity index (χ4n) is 3.27. The zero-order valence-corrected chi connectivity index (χ0v) is 13.1. The lowest BCUT2D eigenvalue weighted by Crippen LogP contribution is -2.36. The van der Waals surface area contributed by atoms with Crippen LogP contribution in [0.15, 0.2) is 17.9 Å². The molecule has 22 heavy (non-hydrogen) atoms. The highest BCUT2D eigenvalue weighted by Crippen LogP contribution is 2.30. The van der Waals surface area contributed by atoms with Crippen LogP contribution in [0.25, 0.3) is 0 Å². The smallest absolute Gasteiger partial charge is 0.342 e. The van der Waals surface area contributed by atoms with Crippen molar-refractivity contribution < 1.29 is 19.1 Å². The van der Waals surface area contributed by atoms with Crippen molar-refractivity contribution in [2.24, 2.45) is 11.8 Å². The van der Waals surface area contributed by atoms with E-state index in [-0.39, 0.29) is 30.4 Å². The maximum Gasteiger partial charge on any atom is 0.342 e. The quantitative estimate of drug-likeness (QED) is 0.338. The molecule has 0 unspecified atom stereocenters. The summed E-state index contributed by atoms with van der Waals surface area (Å²) in [6.07, 6.45) is 5.68. The molecule has 1 saturated heterocycles. The Hall–Kier alpha value is -1.87. The molecule has 0 spiro atoms. The number of rotatable bonds is 5. The molecule has 1 atom stereocenters. The number of hydrogen-bond donors (Lipinski definition) is 0. The van der Waals surface area contributed by atoms with E-state index in [4.69, 9.17) is 4.74 Å². The molecule has 0 N–H and O–H groups in total. The fourth-order valence-corrected chi connectivity index (χ4v) is 3.27. The molecular weight excluding hydrogens is 282 g/mol. The highest BCUT2D eigenvalue weighted by molar-refractivity contribution is 6.09. The summed E-state index contributed by atoms with van der Waals surface area (Å²) in [7, 11) is 0. The topological polar surface area (TPSA) is 63.7 Å². The first-order chi connectivity index (χ1) is 10.6. The van der Waals surface area contributed by atoms with Gasteiger partial charge in [0.15, 0.2) is 0 Å². The summed E-state index contributed by atoms with van der Waals surface area (Å²) in [5, 5.41) is 0. The summed E-state index contributed by atoms with van der Waals surface area (Å²) in [4.78, 5) is 37.9. The van der Waals surface area contributed by atoms with Crippen LogP contribution in [0.4, 0.5) is 0 Å². The number of hydrogen-bond acceptors (Lipinski definition) is 4. The molecule has 0 bridgehead atoms. The number of nitrogens with zero attached hydrogens (tertiary/aromatic N) is 1. The predicted molar refractivity (Wildman–Crippen MR) is 80.7 cm³/mol. The molecule has 1 aliphatic carbocycles. The van der Waals surface area contributed by atoms with Gasteiger partial charge in [-0.05, 0) is 25.7 Å². The highest BCUT2D eigenvalue weighted by Gasteiger charge is 2.43. The molecule has 1 saturated carbocycles. The normalized spacial score (nSPS) is 22.6. The number of likely N-dealkylation sites (tertiary alicyclic amines) is 1. The SMILES string of the molecule is C=C=C(C(=O)OCC)[C@H]1CC(=O)N(CC2CCCCC2)C1=O. The molecule has 1 heterocycles. The number of imide groups is 1. The standard InChI is InChI=1S/C17H23NO4/c1-3-13(17(21)22-4-2)14-10-15(19)18(16(14)20)11-12-8-6-5-7-9-12/h12,14H,1,4-11H2,2H3/t14-/m1/s1. The monoisotopic (exact) mass is 305 g/mol. The van der Waals surface area contributed by atoms with E-state index >= 15 is 0 Å². The van der Waals surface area contributed by atoms with Gasteiger partial charge in [0.2, 0.25) is 11.8 Å². The van der Waals surface area contributed by atoms with Crippen LogP contribution in [0, 0.1) is 11.8 Å². The molecule has 0 radical (unpaired) electrons. The number of carbonyl (C=O) groups is 3. The maximum atomic E-state index is 12.5. The summed E-state index contributed by atoms with van der Waals surface area (Å²) < 4.78 is 4.92. The van der Waals surface area contributed by atoms with Crippen molar-refractivity contribution in [3.63, 3.8) is 0 Å². The van der Waals surface area contributed by atoms with E-state index in [1.165, 1.54) is 11.3 Å². The molecule has 0 aromatic heterocycles. The van der Waals surface area contributed by atoms with Crippen LogP contribution in [0.2, 0.25) is 0 Å². The third kappa shape index (κ3) is 3.47. The Bertz CT molecular complexity index is 513. The van der Waals surface area contributed by atoms with Crippen molar-refractivity contribution in [3.8, 4) is 0 Å². The Labute approximate surface area is 131 Å². The summed E-state index contributed by atoms with van der Waals surface area (Å²) in [5.41, 5.74) is 2.57. The summed E-state index contributed by atoms with van der Waals surface area (Å²) in [6.45, 7) is 5.84. The second kappa shape index (κ2) is 7.41. The van der Waals surface area contributed by atoms with E-state index in [1.807, 2.05) is 0 Å². The van der Waals surface area contributed by atoms with Gasteiger partial charge >= 0.3 is 5.97 Å². The third-order valence-corrected chi connectivity index (χ3v) is 4.44. The van der Waals surface area contributed by atoms with E-state index in [9.17, 15) is 14.4 Å². The maximum absolute atomic E-state index is 12.5. The molecule has 5 nitrogen and oxygen atoms in total. The second-order valence-corrected chi connectivity index (χ2v) is 5.91. The molecule has 1 aliphatic heterocycles. The van der Waals surface area contributed by atoms with Crippen LogP contribution in [0.1, 0.15) is 45.4 Å². The van der Waals surface area contributed by atoms with Gasteiger partial charge in [0.1, 0.15) is 0 Å². The molecule has 2 fully saturated rings. The minimum absolute atomic E-state index is 0.0161. The molecular formula is C17H23NO4. The molecule has 120 valence electrons. The molecule has 5 heteroatoms. The van der Waals surface area contributed by atoms with Crippen LogP contribution in [0.3, 0.4) is 0 Å².